The van der Waals surface area contributed by atoms with Gasteiger partial charge in [0.05, 0.1) is 6.04 Å². The first kappa shape index (κ1) is 15.6. The third kappa shape index (κ3) is 3.85. The molecule has 0 aliphatic heterocycles. The van der Waals surface area contributed by atoms with E-state index in [-0.39, 0.29) is 12.6 Å². The van der Waals surface area contributed by atoms with Crippen LogP contribution in [0.4, 0.5) is 5.69 Å². The molecule has 0 saturated carbocycles. The van der Waals surface area contributed by atoms with E-state index < -0.39 is 5.97 Å². The average molecular weight is 303 g/mol. The van der Waals surface area contributed by atoms with E-state index in [9.17, 15) is 9.90 Å². The number of rotatable bonds is 6. The highest BCUT2D eigenvalue weighted by Crippen LogP contribution is 2.35. The molecule has 0 aliphatic rings. The lowest BCUT2D eigenvalue weighted by molar-refractivity contribution is -0.135. The van der Waals surface area contributed by atoms with Crippen molar-refractivity contribution in [2.24, 2.45) is 5.92 Å². The number of benzene rings is 1. The van der Waals surface area contributed by atoms with Crippen LogP contribution in [0.1, 0.15) is 30.3 Å². The van der Waals surface area contributed by atoms with Gasteiger partial charge >= 0.3 is 5.97 Å². The second kappa shape index (κ2) is 6.76. The maximum Gasteiger partial charge on any atom is 0.323 e. The second-order valence-corrected chi connectivity index (χ2v) is 6.54. The van der Waals surface area contributed by atoms with Crippen LogP contribution in [0.15, 0.2) is 41.8 Å². The van der Waals surface area contributed by atoms with Crippen molar-refractivity contribution in [2.75, 3.05) is 11.4 Å². The second-order valence-electron chi connectivity index (χ2n) is 5.56. The summed E-state index contributed by atoms with van der Waals surface area (Å²) in [6.45, 7) is 6.30. The van der Waals surface area contributed by atoms with Crippen molar-refractivity contribution in [1.29, 1.82) is 0 Å². The van der Waals surface area contributed by atoms with Crippen LogP contribution in [0, 0.1) is 12.8 Å². The Balaban J connectivity index is 2.41. The Morgan fingerprint density at radius 1 is 1.24 bits per heavy atom. The lowest BCUT2D eigenvalue weighted by Gasteiger charge is -2.34. The smallest absolute Gasteiger partial charge is 0.323 e. The first-order valence-electron chi connectivity index (χ1n) is 7.07. The minimum atomic E-state index is -0.808. The van der Waals surface area contributed by atoms with E-state index in [0.717, 1.165) is 5.69 Å². The lowest BCUT2D eigenvalue weighted by Crippen LogP contribution is -2.36. The summed E-state index contributed by atoms with van der Waals surface area (Å²) < 4.78 is 0. The molecular weight excluding hydrogens is 282 g/mol. The van der Waals surface area contributed by atoms with E-state index in [4.69, 9.17) is 0 Å². The number of carbonyl (C=O) groups is 1. The zero-order valence-corrected chi connectivity index (χ0v) is 13.4. The third-order valence-corrected chi connectivity index (χ3v) is 4.42. The summed E-state index contributed by atoms with van der Waals surface area (Å²) in [7, 11) is 0. The summed E-state index contributed by atoms with van der Waals surface area (Å²) in [5, 5.41) is 11.3. The summed E-state index contributed by atoms with van der Waals surface area (Å²) >= 11 is 1.68. The van der Waals surface area contributed by atoms with Crippen LogP contribution in [0.25, 0.3) is 0 Å². The van der Waals surface area contributed by atoms with Gasteiger partial charge in [-0.05, 0) is 36.4 Å². The molecule has 1 atom stereocenters. The van der Waals surface area contributed by atoms with E-state index in [1.54, 1.807) is 11.3 Å². The van der Waals surface area contributed by atoms with Gasteiger partial charge in [0.1, 0.15) is 6.54 Å². The van der Waals surface area contributed by atoms with Crippen molar-refractivity contribution in [2.45, 2.75) is 26.8 Å². The molecule has 2 aromatic rings. The minimum absolute atomic E-state index is 0.00378. The van der Waals surface area contributed by atoms with Crippen LogP contribution in [0.2, 0.25) is 0 Å². The number of anilines is 1. The molecule has 0 bridgehead atoms. The van der Waals surface area contributed by atoms with Crippen molar-refractivity contribution in [3.8, 4) is 0 Å². The minimum Gasteiger partial charge on any atom is -0.480 e. The fraction of sp³-hybridized carbons (Fsp3) is 0.353. The Morgan fingerprint density at radius 3 is 2.38 bits per heavy atom. The van der Waals surface area contributed by atoms with E-state index >= 15 is 0 Å². The predicted octanol–water partition coefficient (Wildman–Crippen LogP) is 4.34. The maximum absolute atomic E-state index is 11.3. The van der Waals surface area contributed by atoms with Gasteiger partial charge in [0.2, 0.25) is 0 Å². The number of hydrogen-bond donors (Lipinski definition) is 1. The molecule has 3 nitrogen and oxygen atoms in total. The van der Waals surface area contributed by atoms with Gasteiger partial charge in [0.15, 0.2) is 0 Å². The number of carboxylic acids is 1. The van der Waals surface area contributed by atoms with E-state index in [1.807, 2.05) is 47.5 Å². The number of hydrogen-bond acceptors (Lipinski definition) is 3. The molecule has 1 aromatic carbocycles. The third-order valence-electron chi connectivity index (χ3n) is 3.47. The Hall–Kier alpha value is -1.81. The first-order valence-corrected chi connectivity index (χ1v) is 7.95. The van der Waals surface area contributed by atoms with E-state index in [0.29, 0.717) is 5.92 Å². The molecule has 1 unspecified atom stereocenters. The maximum atomic E-state index is 11.3. The quantitative estimate of drug-likeness (QED) is 0.862. The van der Waals surface area contributed by atoms with Gasteiger partial charge in [-0.15, -0.1) is 11.3 Å². The largest absolute Gasteiger partial charge is 0.480 e. The molecule has 0 fully saturated rings. The van der Waals surface area contributed by atoms with Gasteiger partial charge < -0.3 is 10.0 Å². The number of aryl methyl sites for hydroxylation is 1. The van der Waals surface area contributed by atoms with Crippen molar-refractivity contribution >= 4 is 23.0 Å². The number of thiophene rings is 1. The molecule has 0 aliphatic carbocycles. The summed E-state index contributed by atoms with van der Waals surface area (Å²) in [6.07, 6.45) is 0. The zero-order valence-electron chi connectivity index (χ0n) is 12.6. The molecule has 1 N–H and O–H groups in total. The van der Waals surface area contributed by atoms with Gasteiger partial charge in [-0.2, -0.15) is 0 Å². The molecule has 0 spiro atoms. The normalized spacial score (nSPS) is 12.4. The van der Waals surface area contributed by atoms with Gasteiger partial charge in [-0.3, -0.25) is 4.79 Å². The highest BCUT2D eigenvalue weighted by atomic mass is 32.1. The molecule has 112 valence electrons. The average Bonchev–Trinajstić information content (AvgIpc) is 2.92. The number of aliphatic carboxylic acids is 1. The Morgan fingerprint density at radius 2 is 1.90 bits per heavy atom. The van der Waals surface area contributed by atoms with E-state index in [2.05, 4.69) is 19.9 Å². The lowest BCUT2D eigenvalue weighted by atomic mass is 9.99. The monoisotopic (exact) mass is 303 g/mol. The zero-order chi connectivity index (χ0) is 15.4. The molecule has 4 heteroatoms. The fourth-order valence-electron chi connectivity index (χ4n) is 2.53. The molecule has 0 amide bonds. The van der Waals surface area contributed by atoms with Crippen LogP contribution in [0.5, 0.6) is 0 Å². The standard InChI is InChI=1S/C17H21NO2S/c1-12(2)17(15-5-4-10-21-15)18(11-16(19)20)14-8-6-13(3)7-9-14/h4-10,12,17H,11H2,1-3H3,(H,19,20). The van der Waals surface area contributed by atoms with Gasteiger partial charge in [0, 0.05) is 10.6 Å². The summed E-state index contributed by atoms with van der Waals surface area (Å²) in [6, 6.07) is 12.2. The highest BCUT2D eigenvalue weighted by Gasteiger charge is 2.26. The molecule has 1 aromatic heterocycles. The van der Waals surface area contributed by atoms with Gasteiger partial charge in [-0.25, -0.2) is 0 Å². The number of carboxylic acid groups (broad SMARTS) is 1. The Labute approximate surface area is 129 Å². The van der Waals surface area contributed by atoms with Gasteiger partial charge in [-0.1, -0.05) is 37.6 Å². The summed E-state index contributed by atoms with van der Waals surface area (Å²) in [4.78, 5) is 14.5. The molecule has 2 rings (SSSR count). The van der Waals surface area contributed by atoms with Crippen LogP contribution >= 0.6 is 11.3 Å². The van der Waals surface area contributed by atoms with E-state index in [1.165, 1.54) is 10.4 Å². The molecule has 0 saturated heterocycles. The molecular formula is C17H21NO2S. The van der Waals surface area contributed by atoms with Gasteiger partial charge in [0.25, 0.3) is 0 Å². The van der Waals surface area contributed by atoms with Crippen LogP contribution in [-0.4, -0.2) is 17.6 Å². The van der Waals surface area contributed by atoms with Crippen LogP contribution in [-0.2, 0) is 4.79 Å². The Kier molecular flexibility index (Phi) is 5.02. The molecule has 1 heterocycles. The SMILES string of the molecule is Cc1ccc(N(CC(=O)O)C(c2cccs2)C(C)C)cc1. The Bertz CT molecular complexity index is 575. The van der Waals surface area contributed by atoms with Crippen molar-refractivity contribution in [1.82, 2.24) is 0 Å². The number of nitrogens with zero attached hydrogens (tertiary/aromatic N) is 1. The summed E-state index contributed by atoms with van der Waals surface area (Å²) in [5.41, 5.74) is 2.13. The van der Waals surface area contributed by atoms with Crippen molar-refractivity contribution in [3.05, 3.63) is 52.2 Å². The molecule has 0 radical (unpaired) electrons. The topological polar surface area (TPSA) is 40.5 Å². The van der Waals surface area contributed by atoms with Crippen molar-refractivity contribution in [3.63, 3.8) is 0 Å². The first-order chi connectivity index (χ1) is 9.99. The predicted molar refractivity (Wildman–Crippen MR) is 88.1 cm³/mol. The van der Waals surface area contributed by atoms with Crippen molar-refractivity contribution < 1.29 is 9.90 Å². The van der Waals surface area contributed by atoms with Crippen LogP contribution in [0.3, 0.4) is 0 Å². The molecule has 21 heavy (non-hydrogen) atoms. The van der Waals surface area contributed by atoms with Crippen LogP contribution < -0.4 is 4.90 Å². The highest BCUT2D eigenvalue weighted by molar-refractivity contribution is 7.10. The summed E-state index contributed by atoms with van der Waals surface area (Å²) in [5.74, 6) is -0.484. The fourth-order valence-corrected chi connectivity index (χ4v) is 3.54.